The maximum absolute atomic E-state index is 12.5. The molecule has 1 aromatic heterocycles. The molecule has 1 aromatic rings. The van der Waals surface area contributed by atoms with Gasteiger partial charge in [-0.3, -0.25) is 14.3 Å². The number of amides is 2. The van der Waals surface area contributed by atoms with Crippen LogP contribution in [0.2, 0.25) is 0 Å². The molecule has 2 heterocycles. The standard InChI is InChI=1S/C14H20N4O2/c1-10-12(19)18(9-8-17-7-3-6-15-17)14(2,11-4-5-11)13(20)16-10/h3,6-7,10-11H,4-5,8-9H2,1-2H3,(H,16,20). The lowest BCUT2D eigenvalue weighted by atomic mass is 9.88. The summed E-state index contributed by atoms with van der Waals surface area (Å²) in [4.78, 5) is 26.6. The predicted octanol–water partition coefficient (Wildman–Crippen LogP) is 0.399. The molecule has 1 N–H and O–H groups in total. The third-order valence-electron chi connectivity index (χ3n) is 4.49. The van der Waals surface area contributed by atoms with Crippen molar-refractivity contribution >= 4 is 11.8 Å². The summed E-state index contributed by atoms with van der Waals surface area (Å²) in [5, 5.41) is 6.96. The molecule has 2 atom stereocenters. The van der Waals surface area contributed by atoms with E-state index < -0.39 is 11.6 Å². The number of piperazine rings is 1. The molecule has 3 rings (SSSR count). The third-order valence-corrected chi connectivity index (χ3v) is 4.49. The predicted molar refractivity (Wildman–Crippen MR) is 72.7 cm³/mol. The molecule has 0 bridgehead atoms. The monoisotopic (exact) mass is 276 g/mol. The van der Waals surface area contributed by atoms with Gasteiger partial charge in [0.15, 0.2) is 0 Å². The number of rotatable bonds is 4. The second-order valence-electron chi connectivity index (χ2n) is 5.88. The molecule has 2 fully saturated rings. The van der Waals surface area contributed by atoms with E-state index in [0.29, 0.717) is 13.1 Å². The van der Waals surface area contributed by atoms with Crippen LogP contribution in [-0.2, 0) is 16.1 Å². The lowest BCUT2D eigenvalue weighted by molar-refractivity contribution is -0.157. The molecular formula is C14H20N4O2. The Morgan fingerprint density at radius 1 is 1.40 bits per heavy atom. The van der Waals surface area contributed by atoms with Crippen molar-refractivity contribution in [2.45, 2.75) is 44.8 Å². The van der Waals surface area contributed by atoms with E-state index in [1.165, 1.54) is 0 Å². The first kappa shape index (κ1) is 13.1. The van der Waals surface area contributed by atoms with Crippen LogP contribution in [0.15, 0.2) is 18.5 Å². The molecule has 1 aliphatic carbocycles. The molecule has 2 amide bonds. The number of hydrogen-bond donors (Lipinski definition) is 1. The van der Waals surface area contributed by atoms with Crippen molar-refractivity contribution < 1.29 is 9.59 Å². The highest BCUT2D eigenvalue weighted by molar-refractivity contribution is 5.99. The first-order chi connectivity index (χ1) is 9.53. The number of carbonyl (C=O) groups excluding carboxylic acids is 2. The van der Waals surface area contributed by atoms with E-state index in [4.69, 9.17) is 0 Å². The minimum Gasteiger partial charge on any atom is -0.343 e. The van der Waals surface area contributed by atoms with Crippen molar-refractivity contribution in [1.82, 2.24) is 20.0 Å². The molecule has 1 aliphatic heterocycles. The van der Waals surface area contributed by atoms with Gasteiger partial charge in [0, 0.05) is 18.9 Å². The summed E-state index contributed by atoms with van der Waals surface area (Å²) in [6.45, 7) is 4.77. The van der Waals surface area contributed by atoms with Crippen molar-refractivity contribution in [3.8, 4) is 0 Å². The second kappa shape index (κ2) is 4.61. The lowest BCUT2D eigenvalue weighted by Gasteiger charge is -2.46. The van der Waals surface area contributed by atoms with E-state index in [1.54, 1.807) is 22.7 Å². The highest BCUT2D eigenvalue weighted by Crippen LogP contribution is 2.44. The zero-order valence-corrected chi connectivity index (χ0v) is 11.9. The number of aromatic nitrogens is 2. The normalized spacial score (nSPS) is 30.5. The minimum absolute atomic E-state index is 0.00570. The summed E-state index contributed by atoms with van der Waals surface area (Å²) < 4.78 is 1.79. The lowest BCUT2D eigenvalue weighted by Crippen LogP contribution is -2.70. The van der Waals surface area contributed by atoms with Crippen LogP contribution < -0.4 is 5.32 Å². The molecule has 20 heavy (non-hydrogen) atoms. The van der Waals surface area contributed by atoms with Gasteiger partial charge in [0.05, 0.1) is 6.54 Å². The first-order valence-corrected chi connectivity index (χ1v) is 7.13. The maximum atomic E-state index is 12.5. The molecular weight excluding hydrogens is 256 g/mol. The molecule has 2 aliphatic rings. The zero-order valence-electron chi connectivity index (χ0n) is 11.9. The Bertz CT molecular complexity index is 523. The first-order valence-electron chi connectivity index (χ1n) is 7.13. The number of nitrogens with zero attached hydrogens (tertiary/aromatic N) is 3. The number of hydrogen-bond acceptors (Lipinski definition) is 3. The average molecular weight is 276 g/mol. The van der Waals surface area contributed by atoms with Crippen LogP contribution in [-0.4, -0.2) is 44.6 Å². The zero-order chi connectivity index (χ0) is 14.3. The summed E-state index contributed by atoms with van der Waals surface area (Å²) in [6, 6.07) is 1.42. The van der Waals surface area contributed by atoms with Crippen LogP contribution >= 0.6 is 0 Å². The minimum atomic E-state index is -0.698. The number of carbonyl (C=O) groups is 2. The molecule has 6 heteroatoms. The van der Waals surface area contributed by atoms with Crippen LogP contribution in [0.5, 0.6) is 0 Å². The van der Waals surface area contributed by atoms with Gasteiger partial charge < -0.3 is 10.2 Å². The fraction of sp³-hybridized carbons (Fsp3) is 0.643. The van der Waals surface area contributed by atoms with Gasteiger partial charge in [0.1, 0.15) is 11.6 Å². The van der Waals surface area contributed by atoms with Gasteiger partial charge >= 0.3 is 0 Å². The second-order valence-corrected chi connectivity index (χ2v) is 5.88. The molecule has 2 unspecified atom stereocenters. The summed E-state index contributed by atoms with van der Waals surface area (Å²) >= 11 is 0. The van der Waals surface area contributed by atoms with Gasteiger partial charge in [-0.25, -0.2) is 0 Å². The summed E-state index contributed by atoms with van der Waals surface area (Å²) in [5.74, 6) is 0.273. The summed E-state index contributed by atoms with van der Waals surface area (Å²) in [5.41, 5.74) is -0.698. The highest BCUT2D eigenvalue weighted by Gasteiger charge is 2.56. The Labute approximate surface area is 118 Å². The van der Waals surface area contributed by atoms with E-state index in [9.17, 15) is 9.59 Å². The Morgan fingerprint density at radius 3 is 2.75 bits per heavy atom. The van der Waals surface area contributed by atoms with Gasteiger partial charge in [-0.05, 0) is 38.7 Å². The van der Waals surface area contributed by atoms with Crippen LogP contribution in [0.25, 0.3) is 0 Å². The van der Waals surface area contributed by atoms with Gasteiger partial charge in [0.2, 0.25) is 11.8 Å². The van der Waals surface area contributed by atoms with Crippen LogP contribution in [0.1, 0.15) is 26.7 Å². The van der Waals surface area contributed by atoms with Gasteiger partial charge in [0.25, 0.3) is 0 Å². The van der Waals surface area contributed by atoms with Crippen LogP contribution in [0.4, 0.5) is 0 Å². The Kier molecular flexibility index (Phi) is 3.03. The fourth-order valence-electron chi connectivity index (χ4n) is 3.02. The van der Waals surface area contributed by atoms with Crippen molar-refractivity contribution in [3.63, 3.8) is 0 Å². The Morgan fingerprint density at radius 2 is 2.15 bits per heavy atom. The molecule has 0 aromatic carbocycles. The van der Waals surface area contributed by atoms with Crippen LogP contribution in [0.3, 0.4) is 0 Å². The average Bonchev–Trinajstić information content (AvgIpc) is 3.15. The number of nitrogens with one attached hydrogen (secondary N) is 1. The van der Waals surface area contributed by atoms with E-state index in [2.05, 4.69) is 10.4 Å². The topological polar surface area (TPSA) is 67.2 Å². The SMILES string of the molecule is CC1NC(=O)C(C)(C2CC2)N(CCn2cccn2)C1=O. The third kappa shape index (κ3) is 1.99. The maximum Gasteiger partial charge on any atom is 0.246 e. The van der Waals surface area contributed by atoms with E-state index in [1.807, 2.05) is 19.2 Å². The Hall–Kier alpha value is -1.85. The van der Waals surface area contributed by atoms with Gasteiger partial charge in [-0.15, -0.1) is 0 Å². The van der Waals surface area contributed by atoms with Crippen molar-refractivity contribution in [2.24, 2.45) is 5.92 Å². The fourth-order valence-corrected chi connectivity index (χ4v) is 3.02. The quantitative estimate of drug-likeness (QED) is 0.865. The largest absolute Gasteiger partial charge is 0.343 e. The van der Waals surface area contributed by atoms with Crippen LogP contribution in [0, 0.1) is 5.92 Å². The molecule has 0 spiro atoms. The highest BCUT2D eigenvalue weighted by atomic mass is 16.2. The van der Waals surface area contributed by atoms with E-state index in [-0.39, 0.29) is 17.7 Å². The summed E-state index contributed by atoms with van der Waals surface area (Å²) in [6.07, 6.45) is 5.62. The molecule has 1 saturated heterocycles. The van der Waals surface area contributed by atoms with E-state index in [0.717, 1.165) is 12.8 Å². The van der Waals surface area contributed by atoms with Crippen molar-refractivity contribution in [2.75, 3.05) is 6.54 Å². The molecule has 0 radical (unpaired) electrons. The van der Waals surface area contributed by atoms with E-state index >= 15 is 0 Å². The molecule has 108 valence electrons. The van der Waals surface area contributed by atoms with Gasteiger partial charge in [-0.2, -0.15) is 5.10 Å². The van der Waals surface area contributed by atoms with Gasteiger partial charge in [-0.1, -0.05) is 0 Å². The summed E-state index contributed by atoms with van der Waals surface area (Å²) in [7, 11) is 0. The molecule has 1 saturated carbocycles. The Balaban J connectivity index is 1.82. The van der Waals surface area contributed by atoms with Crippen molar-refractivity contribution in [3.05, 3.63) is 18.5 Å². The molecule has 6 nitrogen and oxygen atoms in total. The smallest absolute Gasteiger partial charge is 0.246 e. The van der Waals surface area contributed by atoms with Crippen molar-refractivity contribution in [1.29, 1.82) is 0 Å².